The quantitative estimate of drug-likeness (QED) is 0.679. The molecule has 0 aliphatic heterocycles. The van der Waals surface area contributed by atoms with Crippen molar-refractivity contribution < 1.29 is 9.53 Å². The summed E-state index contributed by atoms with van der Waals surface area (Å²) in [4.78, 5) is 12.4. The maximum Gasteiger partial charge on any atom is 0.266 e. The molecule has 0 saturated carbocycles. The number of para-hydroxylation sites is 2. The number of ether oxygens (including phenoxy) is 1. The molecule has 0 bridgehead atoms. The minimum absolute atomic E-state index is 0.0484. The number of hydrogen-bond donors (Lipinski definition) is 1. The first-order valence-corrected chi connectivity index (χ1v) is 7.60. The number of nitrogens with one attached hydrogen (secondary N) is 1. The van der Waals surface area contributed by atoms with E-state index in [1.54, 1.807) is 24.3 Å². The molecule has 0 aliphatic carbocycles. The van der Waals surface area contributed by atoms with Crippen LogP contribution in [-0.4, -0.2) is 13.0 Å². The summed E-state index contributed by atoms with van der Waals surface area (Å²) in [5, 5.41) is 12.1. The van der Waals surface area contributed by atoms with E-state index >= 15 is 0 Å². The lowest BCUT2D eigenvalue weighted by atomic mass is 9.99. The van der Waals surface area contributed by atoms with Gasteiger partial charge >= 0.3 is 0 Å². The summed E-state index contributed by atoms with van der Waals surface area (Å²) in [5.41, 5.74) is 4.77. The van der Waals surface area contributed by atoms with Gasteiger partial charge in [0, 0.05) is 0 Å². The minimum atomic E-state index is -0.459. The molecule has 4 heteroatoms. The van der Waals surface area contributed by atoms with Crippen LogP contribution in [0.1, 0.15) is 22.3 Å². The maximum atomic E-state index is 12.4. The number of amides is 1. The van der Waals surface area contributed by atoms with Gasteiger partial charge in [0.2, 0.25) is 0 Å². The number of benzene rings is 2. The highest BCUT2D eigenvalue weighted by Crippen LogP contribution is 2.24. The molecule has 1 amide bonds. The standard InChI is InChI=1S/C20H20N2O2/c1-13-9-15(3)16(10-14(13)2)11-17(12-21)20(23)22-18-7-5-6-8-19(18)24-4/h5-11H,1-4H3,(H,22,23). The molecule has 1 N–H and O–H groups in total. The van der Waals surface area contributed by atoms with E-state index in [9.17, 15) is 10.1 Å². The van der Waals surface area contributed by atoms with Gasteiger partial charge in [0.25, 0.3) is 5.91 Å². The van der Waals surface area contributed by atoms with Gasteiger partial charge in [0.1, 0.15) is 17.4 Å². The molecule has 24 heavy (non-hydrogen) atoms. The van der Waals surface area contributed by atoms with E-state index in [4.69, 9.17) is 4.74 Å². The monoisotopic (exact) mass is 320 g/mol. The van der Waals surface area contributed by atoms with Crippen LogP contribution >= 0.6 is 0 Å². The van der Waals surface area contributed by atoms with E-state index in [0.717, 1.165) is 16.7 Å². The van der Waals surface area contributed by atoms with Crippen LogP contribution in [0.3, 0.4) is 0 Å². The molecule has 0 heterocycles. The van der Waals surface area contributed by atoms with Crippen molar-refractivity contribution in [2.75, 3.05) is 12.4 Å². The largest absolute Gasteiger partial charge is 0.495 e. The van der Waals surface area contributed by atoms with Crippen molar-refractivity contribution in [3.63, 3.8) is 0 Å². The third kappa shape index (κ3) is 3.82. The SMILES string of the molecule is COc1ccccc1NC(=O)C(C#N)=Cc1cc(C)c(C)cc1C. The van der Waals surface area contributed by atoms with Gasteiger partial charge in [-0.2, -0.15) is 5.26 Å². The average Bonchev–Trinajstić information content (AvgIpc) is 2.57. The van der Waals surface area contributed by atoms with Crippen LogP contribution in [0.5, 0.6) is 5.75 Å². The Morgan fingerprint density at radius 1 is 1.12 bits per heavy atom. The average molecular weight is 320 g/mol. The smallest absolute Gasteiger partial charge is 0.266 e. The second kappa shape index (κ2) is 7.47. The van der Waals surface area contributed by atoms with Crippen molar-refractivity contribution in [1.82, 2.24) is 0 Å². The molecule has 0 spiro atoms. The van der Waals surface area contributed by atoms with E-state index < -0.39 is 5.91 Å². The minimum Gasteiger partial charge on any atom is -0.495 e. The fourth-order valence-electron chi connectivity index (χ4n) is 2.38. The van der Waals surface area contributed by atoms with E-state index in [0.29, 0.717) is 11.4 Å². The Balaban J connectivity index is 2.33. The zero-order chi connectivity index (χ0) is 17.7. The first kappa shape index (κ1) is 17.3. The predicted octanol–water partition coefficient (Wildman–Crippen LogP) is 4.17. The van der Waals surface area contributed by atoms with Crippen LogP contribution in [0.2, 0.25) is 0 Å². The number of nitriles is 1. The normalized spacial score (nSPS) is 10.9. The van der Waals surface area contributed by atoms with Crippen molar-refractivity contribution >= 4 is 17.7 Å². The summed E-state index contributed by atoms with van der Waals surface area (Å²) < 4.78 is 5.21. The van der Waals surface area contributed by atoms with Gasteiger partial charge in [-0.05, 0) is 61.2 Å². The van der Waals surface area contributed by atoms with Gasteiger partial charge in [0.15, 0.2) is 0 Å². The first-order chi connectivity index (χ1) is 11.5. The van der Waals surface area contributed by atoms with E-state index in [1.165, 1.54) is 12.7 Å². The van der Waals surface area contributed by atoms with Crippen LogP contribution < -0.4 is 10.1 Å². The number of nitrogens with zero attached hydrogens (tertiary/aromatic N) is 1. The van der Waals surface area contributed by atoms with E-state index in [2.05, 4.69) is 5.32 Å². The number of carbonyl (C=O) groups is 1. The molecule has 4 nitrogen and oxygen atoms in total. The van der Waals surface area contributed by atoms with Gasteiger partial charge in [0.05, 0.1) is 12.8 Å². The van der Waals surface area contributed by atoms with Gasteiger partial charge < -0.3 is 10.1 Å². The molecule has 2 rings (SSSR count). The molecule has 0 saturated heterocycles. The molecule has 0 aliphatic rings. The molecule has 122 valence electrons. The summed E-state index contributed by atoms with van der Waals surface area (Å²) in [5.74, 6) is 0.0881. The summed E-state index contributed by atoms with van der Waals surface area (Å²) in [6.07, 6.45) is 1.62. The molecule has 0 fully saturated rings. The van der Waals surface area contributed by atoms with Gasteiger partial charge in [-0.15, -0.1) is 0 Å². The number of methoxy groups -OCH3 is 1. The van der Waals surface area contributed by atoms with Crippen molar-refractivity contribution in [2.24, 2.45) is 0 Å². The highest BCUT2D eigenvalue weighted by Gasteiger charge is 2.13. The Kier molecular flexibility index (Phi) is 5.39. The number of rotatable bonds is 4. The first-order valence-electron chi connectivity index (χ1n) is 7.60. The number of hydrogen-bond acceptors (Lipinski definition) is 3. The summed E-state index contributed by atoms with van der Waals surface area (Å²) in [7, 11) is 1.53. The summed E-state index contributed by atoms with van der Waals surface area (Å²) in [6, 6.07) is 13.1. The summed E-state index contributed by atoms with van der Waals surface area (Å²) >= 11 is 0. The van der Waals surface area contributed by atoms with Gasteiger partial charge in [-0.1, -0.05) is 24.3 Å². The van der Waals surface area contributed by atoms with Crippen LogP contribution in [0.25, 0.3) is 6.08 Å². The third-order valence-electron chi connectivity index (χ3n) is 3.90. The molecule has 2 aromatic carbocycles. The summed E-state index contributed by atoms with van der Waals surface area (Å²) in [6.45, 7) is 6.01. The van der Waals surface area contributed by atoms with E-state index in [-0.39, 0.29) is 5.57 Å². The molecular weight excluding hydrogens is 300 g/mol. The van der Waals surface area contributed by atoms with Crippen LogP contribution in [0.4, 0.5) is 5.69 Å². The lowest BCUT2D eigenvalue weighted by Gasteiger charge is -2.10. The predicted molar refractivity (Wildman–Crippen MR) is 95.9 cm³/mol. The van der Waals surface area contributed by atoms with E-state index in [1.807, 2.05) is 45.0 Å². The second-order valence-electron chi connectivity index (χ2n) is 5.62. The van der Waals surface area contributed by atoms with Gasteiger partial charge in [-0.25, -0.2) is 0 Å². The second-order valence-corrected chi connectivity index (χ2v) is 5.62. The fourth-order valence-corrected chi connectivity index (χ4v) is 2.38. The molecule has 0 aromatic heterocycles. The number of aryl methyl sites for hydroxylation is 3. The third-order valence-corrected chi connectivity index (χ3v) is 3.90. The highest BCUT2D eigenvalue weighted by atomic mass is 16.5. The highest BCUT2D eigenvalue weighted by molar-refractivity contribution is 6.10. The zero-order valence-corrected chi connectivity index (χ0v) is 14.3. The Bertz CT molecular complexity index is 845. The number of anilines is 1. The molecule has 0 atom stereocenters. The Hall–Kier alpha value is -3.06. The maximum absolute atomic E-state index is 12.4. The molecule has 0 radical (unpaired) electrons. The van der Waals surface area contributed by atoms with Crippen molar-refractivity contribution in [3.8, 4) is 11.8 Å². The lowest BCUT2D eigenvalue weighted by molar-refractivity contribution is -0.112. The zero-order valence-electron chi connectivity index (χ0n) is 14.3. The van der Waals surface area contributed by atoms with Crippen LogP contribution in [0, 0.1) is 32.1 Å². The molecular formula is C20H20N2O2. The Morgan fingerprint density at radius 3 is 2.46 bits per heavy atom. The fraction of sp³-hybridized carbons (Fsp3) is 0.200. The Labute approximate surface area is 142 Å². The molecule has 2 aromatic rings. The topological polar surface area (TPSA) is 62.1 Å². The van der Waals surface area contributed by atoms with Crippen molar-refractivity contribution in [1.29, 1.82) is 5.26 Å². The van der Waals surface area contributed by atoms with Crippen molar-refractivity contribution in [2.45, 2.75) is 20.8 Å². The Morgan fingerprint density at radius 2 is 1.79 bits per heavy atom. The number of carbonyl (C=O) groups excluding carboxylic acids is 1. The van der Waals surface area contributed by atoms with Gasteiger partial charge in [-0.3, -0.25) is 4.79 Å². The molecule has 0 unspecified atom stereocenters. The lowest BCUT2D eigenvalue weighted by Crippen LogP contribution is -2.14. The van der Waals surface area contributed by atoms with Crippen LogP contribution in [0.15, 0.2) is 42.0 Å². The van der Waals surface area contributed by atoms with Crippen LogP contribution in [-0.2, 0) is 4.79 Å². The van der Waals surface area contributed by atoms with Crippen molar-refractivity contribution in [3.05, 3.63) is 64.2 Å².